The highest BCUT2D eigenvalue weighted by molar-refractivity contribution is 7.92. The number of amides is 1. The molecule has 0 bridgehead atoms. The van der Waals surface area contributed by atoms with Crippen LogP contribution in [0.2, 0.25) is 0 Å². The molecule has 1 heterocycles. The van der Waals surface area contributed by atoms with Crippen LogP contribution in [0.4, 0.5) is 11.5 Å². The van der Waals surface area contributed by atoms with Gasteiger partial charge in [-0.2, -0.15) is 0 Å². The zero-order valence-electron chi connectivity index (χ0n) is 20.5. The summed E-state index contributed by atoms with van der Waals surface area (Å²) in [6.45, 7) is 6.14. The molecule has 1 aromatic heterocycles. The van der Waals surface area contributed by atoms with E-state index in [0.29, 0.717) is 11.6 Å². The van der Waals surface area contributed by atoms with Gasteiger partial charge in [0.2, 0.25) is 11.7 Å². The van der Waals surface area contributed by atoms with Crippen LogP contribution in [0.25, 0.3) is 0 Å². The Morgan fingerprint density at radius 3 is 2.25 bits per heavy atom. The molecule has 0 aliphatic carbocycles. The number of benzene rings is 2. The second-order valence-corrected chi connectivity index (χ2v) is 10.6. The Morgan fingerprint density at radius 2 is 1.64 bits per heavy atom. The molecule has 0 radical (unpaired) electrons. The van der Waals surface area contributed by atoms with Crippen molar-refractivity contribution in [2.24, 2.45) is 5.92 Å². The number of ether oxygens (including phenoxy) is 1. The maximum atomic E-state index is 12.7. The third-order valence-electron chi connectivity index (χ3n) is 5.27. The van der Waals surface area contributed by atoms with E-state index in [4.69, 9.17) is 17.0 Å². The third-order valence-corrected chi connectivity index (χ3v) is 6.82. The van der Waals surface area contributed by atoms with Gasteiger partial charge in [-0.3, -0.25) is 9.52 Å². The summed E-state index contributed by atoms with van der Waals surface area (Å²) >= 11 is 5.27. The first-order chi connectivity index (χ1) is 17.1. The molecule has 3 N–H and O–H groups in total. The lowest BCUT2D eigenvalue weighted by Crippen LogP contribution is -2.36. The van der Waals surface area contributed by atoms with Gasteiger partial charge in [0.05, 0.1) is 17.9 Å². The minimum Gasteiger partial charge on any atom is -0.478 e. The van der Waals surface area contributed by atoms with Crippen LogP contribution in [-0.4, -0.2) is 36.5 Å². The number of rotatable bonds is 9. The molecule has 3 aromatic rings. The number of nitrogens with zero attached hydrogens (tertiary/aromatic N) is 2. The monoisotopic (exact) mass is 527 g/mol. The van der Waals surface area contributed by atoms with Gasteiger partial charge in [-0.25, -0.2) is 18.4 Å². The molecule has 11 heteroatoms. The van der Waals surface area contributed by atoms with Crippen molar-refractivity contribution < 1.29 is 17.9 Å². The van der Waals surface area contributed by atoms with E-state index in [1.165, 1.54) is 49.3 Å². The van der Waals surface area contributed by atoms with E-state index >= 15 is 0 Å². The van der Waals surface area contributed by atoms with Gasteiger partial charge in [0, 0.05) is 18.1 Å². The van der Waals surface area contributed by atoms with Crippen LogP contribution in [0, 0.1) is 5.92 Å². The molecule has 0 spiro atoms. The van der Waals surface area contributed by atoms with Gasteiger partial charge < -0.3 is 15.4 Å². The van der Waals surface area contributed by atoms with Gasteiger partial charge in [0.1, 0.15) is 0 Å². The molecule has 9 nitrogen and oxygen atoms in total. The molecule has 0 aliphatic heterocycles. The van der Waals surface area contributed by atoms with Crippen LogP contribution in [0.15, 0.2) is 65.8 Å². The number of carbonyl (C=O) groups excluding carboxylic acids is 1. The molecule has 190 valence electrons. The van der Waals surface area contributed by atoms with Gasteiger partial charge in [-0.05, 0) is 66.9 Å². The second-order valence-electron chi connectivity index (χ2n) is 8.55. The molecule has 0 aliphatic rings. The Hall–Kier alpha value is -3.57. The Balaban J connectivity index is 1.58. The fourth-order valence-electron chi connectivity index (χ4n) is 3.40. The zero-order valence-corrected chi connectivity index (χ0v) is 22.1. The van der Waals surface area contributed by atoms with E-state index in [-0.39, 0.29) is 27.6 Å². The molecule has 1 amide bonds. The van der Waals surface area contributed by atoms with Gasteiger partial charge in [0.15, 0.2) is 5.11 Å². The van der Waals surface area contributed by atoms with Crippen LogP contribution in [0.1, 0.15) is 37.8 Å². The van der Waals surface area contributed by atoms with Crippen molar-refractivity contribution in [2.45, 2.75) is 38.0 Å². The first kappa shape index (κ1) is 27.0. The highest BCUT2D eigenvalue weighted by Crippen LogP contribution is 2.22. The smallest absolute Gasteiger partial charge is 0.263 e. The quantitative estimate of drug-likeness (QED) is 0.356. The lowest BCUT2D eigenvalue weighted by Gasteiger charge is -2.15. The molecular formula is C25H29N5O4S2. The fourth-order valence-corrected chi connectivity index (χ4v) is 4.62. The maximum absolute atomic E-state index is 12.7. The molecule has 3 rings (SSSR count). The molecule has 36 heavy (non-hydrogen) atoms. The van der Waals surface area contributed by atoms with Crippen molar-refractivity contribution in [1.29, 1.82) is 0 Å². The molecule has 1 atom stereocenters. The average molecular weight is 528 g/mol. The summed E-state index contributed by atoms with van der Waals surface area (Å²) in [5, 5.41) is 5.70. The van der Waals surface area contributed by atoms with Crippen LogP contribution >= 0.6 is 12.2 Å². The zero-order chi connectivity index (χ0) is 26.3. The number of aromatic nitrogens is 2. The molecule has 0 fully saturated rings. The van der Waals surface area contributed by atoms with Crippen molar-refractivity contribution in [3.05, 3.63) is 72.1 Å². The van der Waals surface area contributed by atoms with E-state index in [9.17, 15) is 13.2 Å². The minimum absolute atomic E-state index is 0.00486. The second kappa shape index (κ2) is 11.9. The van der Waals surface area contributed by atoms with Gasteiger partial charge in [-0.15, -0.1) is 0 Å². The first-order valence-corrected chi connectivity index (χ1v) is 13.2. The third kappa shape index (κ3) is 7.22. The minimum atomic E-state index is -3.92. The SMILES string of the molecule is COc1nccnc1NS(=O)(=O)c1ccc(NC(=S)NC(=O)C(C)c2ccc(CC(C)C)cc2)cc1. The summed E-state index contributed by atoms with van der Waals surface area (Å²) in [7, 11) is -2.56. The largest absolute Gasteiger partial charge is 0.478 e. The summed E-state index contributed by atoms with van der Waals surface area (Å²) in [5.74, 6) is -0.0388. The van der Waals surface area contributed by atoms with Crippen molar-refractivity contribution in [2.75, 3.05) is 17.1 Å². The number of thiocarbonyl (C=S) groups is 1. The van der Waals surface area contributed by atoms with Gasteiger partial charge in [0.25, 0.3) is 15.9 Å². The van der Waals surface area contributed by atoms with E-state index in [1.54, 1.807) is 0 Å². The Kier molecular flexibility index (Phi) is 8.94. The van der Waals surface area contributed by atoms with Gasteiger partial charge in [-0.1, -0.05) is 38.1 Å². The highest BCUT2D eigenvalue weighted by atomic mass is 32.2. The average Bonchev–Trinajstić information content (AvgIpc) is 2.84. The van der Waals surface area contributed by atoms with E-state index in [1.807, 2.05) is 31.2 Å². The number of nitrogens with one attached hydrogen (secondary N) is 3. The van der Waals surface area contributed by atoms with Crippen molar-refractivity contribution in [3.8, 4) is 5.88 Å². The van der Waals surface area contributed by atoms with E-state index in [2.05, 4.69) is 39.2 Å². The number of hydrogen-bond donors (Lipinski definition) is 3. The standard InChI is InChI=1S/C25H29N5O4S2/c1-16(2)15-18-5-7-19(8-6-18)17(3)23(31)29-25(35)28-20-9-11-21(12-10-20)36(32,33)30-22-24(34-4)27-14-13-26-22/h5-14,16-17H,15H2,1-4H3,(H,26,30)(H2,28,29,31,35). The van der Waals surface area contributed by atoms with Gasteiger partial charge >= 0.3 is 0 Å². The molecule has 0 saturated carbocycles. The number of sulfonamides is 1. The molecule has 1 unspecified atom stereocenters. The van der Waals surface area contributed by atoms with Crippen molar-refractivity contribution >= 4 is 44.8 Å². The summed E-state index contributed by atoms with van der Waals surface area (Å²) in [4.78, 5) is 20.5. The highest BCUT2D eigenvalue weighted by Gasteiger charge is 2.19. The van der Waals surface area contributed by atoms with Crippen molar-refractivity contribution in [3.63, 3.8) is 0 Å². The van der Waals surface area contributed by atoms with Crippen molar-refractivity contribution in [1.82, 2.24) is 15.3 Å². The number of carbonyl (C=O) groups is 1. The predicted molar refractivity (Wildman–Crippen MR) is 144 cm³/mol. The summed E-state index contributed by atoms with van der Waals surface area (Å²) in [6.07, 6.45) is 3.73. The first-order valence-electron chi connectivity index (χ1n) is 11.3. The summed E-state index contributed by atoms with van der Waals surface area (Å²) in [6, 6.07) is 13.9. The van der Waals surface area contributed by atoms with E-state index < -0.39 is 15.9 Å². The topological polar surface area (TPSA) is 122 Å². The Bertz CT molecular complexity index is 1310. The summed E-state index contributed by atoms with van der Waals surface area (Å²) in [5.41, 5.74) is 2.64. The predicted octanol–water partition coefficient (Wildman–Crippen LogP) is 4.10. The number of hydrogen-bond acceptors (Lipinski definition) is 7. The van der Waals surface area contributed by atoms with Crippen LogP contribution in [0.3, 0.4) is 0 Å². The van der Waals surface area contributed by atoms with Crippen LogP contribution < -0.4 is 20.1 Å². The molecule has 0 saturated heterocycles. The van der Waals surface area contributed by atoms with Crippen LogP contribution in [-0.2, 0) is 21.2 Å². The maximum Gasteiger partial charge on any atom is 0.263 e. The normalized spacial score (nSPS) is 12.0. The summed E-state index contributed by atoms with van der Waals surface area (Å²) < 4.78 is 32.8. The van der Waals surface area contributed by atoms with Crippen LogP contribution in [0.5, 0.6) is 5.88 Å². The molecular weight excluding hydrogens is 498 g/mol. The molecule has 2 aromatic carbocycles. The lowest BCUT2D eigenvalue weighted by molar-refractivity contribution is -0.120. The Morgan fingerprint density at radius 1 is 1.00 bits per heavy atom. The lowest BCUT2D eigenvalue weighted by atomic mass is 9.96. The van der Waals surface area contributed by atoms with E-state index in [0.717, 1.165) is 12.0 Å². The number of anilines is 2. The fraction of sp³-hybridized carbons (Fsp3) is 0.280. The number of methoxy groups -OCH3 is 1. The Labute approximate surface area is 216 Å².